The van der Waals surface area contributed by atoms with Crippen LogP contribution in [0, 0.1) is 0 Å². The maximum absolute atomic E-state index is 11.4. The Hall–Kier alpha value is -1.99. The van der Waals surface area contributed by atoms with Crippen LogP contribution in [0.5, 0.6) is 0 Å². The van der Waals surface area contributed by atoms with E-state index in [0.717, 1.165) is 54.6 Å². The summed E-state index contributed by atoms with van der Waals surface area (Å²) in [5.41, 5.74) is 20.8. The molecular weight excluding hydrogens is 483 g/mol. The summed E-state index contributed by atoms with van der Waals surface area (Å²) in [5.74, 6) is 0. The van der Waals surface area contributed by atoms with Crippen molar-refractivity contribution in [1.82, 2.24) is 0 Å². The van der Waals surface area contributed by atoms with Crippen molar-refractivity contribution in [2.45, 2.75) is 110 Å². The van der Waals surface area contributed by atoms with Gasteiger partial charge in [-0.2, -0.15) is 0 Å². The SMILES string of the molecule is CCCCC1=C(c2cccc(CCCC)c2)[N+](=[N-])C(c2cccc(CCCC)c2)=C1C.C[CH2][Ni][CH2]C. The molecular formula is C33H48N2Ni. The van der Waals surface area contributed by atoms with Gasteiger partial charge in [-0.1, -0.05) is 64.3 Å². The normalized spacial score (nSPS) is 13.4. The van der Waals surface area contributed by atoms with Crippen molar-refractivity contribution < 1.29 is 19.1 Å². The van der Waals surface area contributed by atoms with Gasteiger partial charge in [-0.25, -0.2) is 4.70 Å². The van der Waals surface area contributed by atoms with Crippen LogP contribution < -0.4 is 0 Å². The second-order valence-electron chi connectivity index (χ2n) is 9.43. The van der Waals surface area contributed by atoms with E-state index >= 15 is 0 Å². The van der Waals surface area contributed by atoms with Crippen molar-refractivity contribution in [3.8, 4) is 0 Å². The number of hydrogen-bond donors (Lipinski definition) is 0. The molecule has 200 valence electrons. The summed E-state index contributed by atoms with van der Waals surface area (Å²) in [4.78, 5) is 0. The summed E-state index contributed by atoms with van der Waals surface area (Å²) >= 11 is 1.82. The molecule has 0 bridgehead atoms. The zero-order chi connectivity index (χ0) is 26.3. The molecule has 0 aliphatic carbocycles. The topological polar surface area (TPSA) is 25.3 Å². The quantitative estimate of drug-likeness (QED) is 0.182. The van der Waals surface area contributed by atoms with Gasteiger partial charge in [0.2, 0.25) is 11.4 Å². The second kappa shape index (κ2) is 16.7. The molecule has 1 aliphatic rings. The van der Waals surface area contributed by atoms with Crippen molar-refractivity contribution in [1.29, 1.82) is 0 Å². The van der Waals surface area contributed by atoms with E-state index < -0.39 is 0 Å². The fraction of sp³-hybridized carbons (Fsp3) is 0.515. The van der Waals surface area contributed by atoms with Gasteiger partial charge in [0.25, 0.3) is 0 Å². The fourth-order valence-corrected chi connectivity index (χ4v) is 5.18. The molecule has 0 aromatic heterocycles. The number of nitrogens with zero attached hydrogens (tertiary/aromatic N) is 2. The average molecular weight is 531 g/mol. The van der Waals surface area contributed by atoms with Gasteiger partial charge in [0, 0.05) is 22.3 Å². The van der Waals surface area contributed by atoms with Crippen LogP contribution in [0.2, 0.25) is 10.8 Å². The molecule has 36 heavy (non-hydrogen) atoms. The van der Waals surface area contributed by atoms with Crippen LogP contribution in [0.25, 0.3) is 16.9 Å². The van der Waals surface area contributed by atoms with Gasteiger partial charge in [0.1, 0.15) is 0 Å². The van der Waals surface area contributed by atoms with E-state index in [1.54, 1.807) is 0 Å². The minimum absolute atomic E-state index is 0.943. The monoisotopic (exact) mass is 530 g/mol. The average Bonchev–Trinajstić information content (AvgIpc) is 3.15. The van der Waals surface area contributed by atoms with Crippen molar-refractivity contribution in [3.63, 3.8) is 0 Å². The van der Waals surface area contributed by atoms with Gasteiger partial charge in [0.05, 0.1) is 0 Å². The van der Waals surface area contributed by atoms with Gasteiger partial charge in [0.15, 0.2) is 0 Å². The van der Waals surface area contributed by atoms with Crippen LogP contribution in [0.1, 0.15) is 109 Å². The van der Waals surface area contributed by atoms with E-state index in [-0.39, 0.29) is 0 Å². The molecule has 2 aromatic carbocycles. The molecule has 1 aliphatic heterocycles. The Morgan fingerprint density at radius 3 is 1.58 bits per heavy atom. The Balaban J connectivity index is 0.000000830. The molecule has 2 aromatic rings. The number of aryl methyl sites for hydroxylation is 2. The second-order valence-corrected chi connectivity index (χ2v) is 11.3. The molecule has 0 radical (unpaired) electrons. The summed E-state index contributed by atoms with van der Waals surface area (Å²) in [6, 6.07) is 17.5. The van der Waals surface area contributed by atoms with Crippen LogP contribution in [0.3, 0.4) is 0 Å². The van der Waals surface area contributed by atoms with Crippen molar-refractivity contribution >= 4 is 11.4 Å². The molecule has 2 nitrogen and oxygen atoms in total. The number of rotatable bonds is 13. The molecule has 3 rings (SSSR count). The third-order valence-corrected chi connectivity index (χ3v) is 7.64. The third kappa shape index (κ3) is 8.55. The Morgan fingerprint density at radius 1 is 0.667 bits per heavy atom. The molecule has 3 heteroatoms. The Morgan fingerprint density at radius 2 is 1.14 bits per heavy atom. The van der Waals surface area contributed by atoms with Crippen LogP contribution in [-0.2, 0) is 27.3 Å². The van der Waals surface area contributed by atoms with Gasteiger partial charge >= 0.3 is 39.1 Å². The molecule has 1 heterocycles. The third-order valence-electron chi connectivity index (χ3n) is 6.65. The first-order valence-electron chi connectivity index (χ1n) is 14.1. The van der Waals surface area contributed by atoms with E-state index in [1.807, 2.05) is 14.4 Å². The Bertz CT molecular complexity index is 1030. The van der Waals surface area contributed by atoms with E-state index in [2.05, 4.69) is 90.1 Å². The molecule has 0 spiro atoms. The summed E-state index contributed by atoms with van der Waals surface area (Å²) in [5, 5.41) is 2.56. The number of hydrogen-bond acceptors (Lipinski definition) is 0. The molecule has 0 amide bonds. The van der Waals surface area contributed by atoms with Gasteiger partial charge in [-0.05, 0) is 80.8 Å². The molecule has 0 atom stereocenters. The van der Waals surface area contributed by atoms with Crippen molar-refractivity contribution in [3.05, 3.63) is 87.5 Å². The molecule has 0 unspecified atom stereocenters. The molecule has 0 fully saturated rings. The zero-order valence-electron chi connectivity index (χ0n) is 23.6. The summed E-state index contributed by atoms with van der Waals surface area (Å²) in [7, 11) is 0. The number of allylic oxidation sites excluding steroid dienone is 2. The Labute approximate surface area is 227 Å². The minimum atomic E-state index is 0.943. The first-order valence-corrected chi connectivity index (χ1v) is 15.5. The number of unbranched alkanes of at least 4 members (excludes halogenated alkanes) is 3. The van der Waals surface area contributed by atoms with E-state index in [9.17, 15) is 5.53 Å². The van der Waals surface area contributed by atoms with Gasteiger partial charge in [-0.15, -0.1) is 0 Å². The van der Waals surface area contributed by atoms with Gasteiger partial charge < -0.3 is 5.53 Å². The van der Waals surface area contributed by atoms with Gasteiger partial charge in [-0.3, -0.25) is 0 Å². The number of benzene rings is 2. The van der Waals surface area contributed by atoms with Crippen LogP contribution in [0.15, 0.2) is 59.7 Å². The van der Waals surface area contributed by atoms with E-state index in [1.165, 1.54) is 63.4 Å². The maximum atomic E-state index is 11.4. The van der Waals surface area contributed by atoms with Crippen LogP contribution in [-0.4, -0.2) is 4.70 Å². The Kier molecular flexibility index (Phi) is 14.0. The first-order chi connectivity index (χ1) is 17.5. The predicted octanol–water partition coefficient (Wildman–Crippen LogP) is 10.7. The van der Waals surface area contributed by atoms with E-state index in [4.69, 9.17) is 0 Å². The standard InChI is InChI=1S/C29H38N2.2C2H5.Ni/c1-5-8-13-23-15-11-17-25(20-23)28-22(4)27(19-10-7-3)29(31(28)30)26-18-12-16-24(21-26)14-9-6-2;2*1-2;/h11-12,15-18,20-21H,5-10,13-14,19H2,1-4H3;2*1H2,2H3;. The fourth-order valence-electron chi connectivity index (χ4n) is 4.68. The van der Waals surface area contributed by atoms with Crippen molar-refractivity contribution in [2.75, 3.05) is 0 Å². The molecule has 0 saturated carbocycles. The van der Waals surface area contributed by atoms with Crippen molar-refractivity contribution in [2.24, 2.45) is 0 Å². The summed E-state index contributed by atoms with van der Waals surface area (Å²) in [6.07, 6.45) is 10.2. The molecule has 0 saturated heterocycles. The summed E-state index contributed by atoms with van der Waals surface area (Å²) in [6.45, 7) is 13.2. The van der Waals surface area contributed by atoms with E-state index in [0.29, 0.717) is 0 Å². The first kappa shape index (κ1) is 30.2. The zero-order valence-corrected chi connectivity index (χ0v) is 24.6. The summed E-state index contributed by atoms with van der Waals surface area (Å²) < 4.78 is 1.47. The molecule has 0 N–H and O–H groups in total. The predicted molar refractivity (Wildman–Crippen MR) is 154 cm³/mol. The van der Waals surface area contributed by atoms with Crippen LogP contribution >= 0.6 is 0 Å². The van der Waals surface area contributed by atoms with Crippen LogP contribution in [0.4, 0.5) is 0 Å².